The molecule has 80 valence electrons. The highest BCUT2D eigenvalue weighted by Crippen LogP contribution is 2.24. The Kier molecular flexibility index (Phi) is 2.97. The number of piperidine rings is 1. The van der Waals surface area contributed by atoms with E-state index >= 15 is 0 Å². The summed E-state index contributed by atoms with van der Waals surface area (Å²) in [6.07, 6.45) is 3.84. The van der Waals surface area contributed by atoms with Crippen LogP contribution in [-0.2, 0) is 0 Å². The van der Waals surface area contributed by atoms with E-state index in [1.54, 1.807) is 6.20 Å². The lowest BCUT2D eigenvalue weighted by Gasteiger charge is -2.23. The molecule has 3 N–H and O–H groups in total. The van der Waals surface area contributed by atoms with Crippen molar-refractivity contribution in [1.29, 1.82) is 0 Å². The van der Waals surface area contributed by atoms with Crippen molar-refractivity contribution in [3.63, 3.8) is 0 Å². The second-order valence-electron chi connectivity index (χ2n) is 3.85. The van der Waals surface area contributed by atoms with Gasteiger partial charge in [-0.3, -0.25) is 9.78 Å². The third kappa shape index (κ3) is 2.15. The summed E-state index contributed by atoms with van der Waals surface area (Å²) >= 11 is 0. The maximum absolute atomic E-state index is 11.2. The second-order valence-corrected chi connectivity index (χ2v) is 3.85. The number of primary amides is 1. The zero-order chi connectivity index (χ0) is 10.7. The Morgan fingerprint density at radius 3 is 3.13 bits per heavy atom. The van der Waals surface area contributed by atoms with Crippen LogP contribution in [0.25, 0.3) is 0 Å². The van der Waals surface area contributed by atoms with Crippen LogP contribution >= 0.6 is 0 Å². The third-order valence-corrected chi connectivity index (χ3v) is 2.81. The minimum absolute atomic E-state index is 0.370. The molecular weight excluding hydrogens is 190 g/mol. The summed E-state index contributed by atoms with van der Waals surface area (Å²) in [5.41, 5.74) is 6.71. The van der Waals surface area contributed by atoms with Gasteiger partial charge in [0.2, 0.25) is 0 Å². The summed E-state index contributed by atoms with van der Waals surface area (Å²) in [6.45, 7) is 1.97. The Labute approximate surface area is 88.9 Å². The Hall–Kier alpha value is -1.42. The molecule has 0 spiro atoms. The first-order valence-electron chi connectivity index (χ1n) is 5.24. The molecule has 1 aliphatic heterocycles. The molecule has 2 heterocycles. The lowest BCUT2D eigenvalue weighted by atomic mass is 9.90. The number of carbonyl (C=O) groups excluding carboxylic acids is 1. The van der Waals surface area contributed by atoms with Crippen LogP contribution in [0.5, 0.6) is 0 Å². The average molecular weight is 205 g/mol. The van der Waals surface area contributed by atoms with Crippen LogP contribution in [-0.4, -0.2) is 24.0 Å². The number of nitrogens with zero attached hydrogens (tertiary/aromatic N) is 1. The summed E-state index contributed by atoms with van der Waals surface area (Å²) < 4.78 is 0. The molecule has 0 radical (unpaired) electrons. The topological polar surface area (TPSA) is 68.0 Å². The van der Waals surface area contributed by atoms with E-state index in [9.17, 15) is 4.79 Å². The maximum Gasteiger partial charge on any atom is 0.267 e. The van der Waals surface area contributed by atoms with Gasteiger partial charge in [0, 0.05) is 12.7 Å². The molecule has 0 unspecified atom stereocenters. The van der Waals surface area contributed by atoms with E-state index in [0.29, 0.717) is 11.6 Å². The van der Waals surface area contributed by atoms with Crippen molar-refractivity contribution in [2.45, 2.75) is 18.8 Å². The van der Waals surface area contributed by atoms with Crippen LogP contribution in [0.1, 0.15) is 34.8 Å². The molecule has 2 rings (SSSR count). The van der Waals surface area contributed by atoms with E-state index in [1.807, 2.05) is 12.1 Å². The molecule has 15 heavy (non-hydrogen) atoms. The second kappa shape index (κ2) is 4.40. The number of hydrogen-bond donors (Lipinski definition) is 2. The van der Waals surface area contributed by atoms with Gasteiger partial charge >= 0.3 is 0 Å². The highest BCUT2D eigenvalue weighted by atomic mass is 16.1. The normalized spacial score (nSPS) is 21.2. The van der Waals surface area contributed by atoms with E-state index in [4.69, 9.17) is 5.73 Å². The first-order valence-corrected chi connectivity index (χ1v) is 5.24. The molecule has 0 aliphatic carbocycles. The summed E-state index contributed by atoms with van der Waals surface area (Å²) in [7, 11) is 0. The SMILES string of the molecule is NC(=O)c1ncccc1[C@H]1CCCNC1. The molecule has 1 atom stereocenters. The van der Waals surface area contributed by atoms with Crippen molar-refractivity contribution in [2.75, 3.05) is 13.1 Å². The molecule has 1 amide bonds. The van der Waals surface area contributed by atoms with Crippen molar-refractivity contribution >= 4 is 5.91 Å². The smallest absolute Gasteiger partial charge is 0.267 e. The first-order chi connectivity index (χ1) is 7.29. The standard InChI is InChI=1S/C11H15N3O/c12-11(15)10-9(4-2-6-14-10)8-3-1-5-13-7-8/h2,4,6,8,13H,1,3,5,7H2,(H2,12,15)/t8-/m0/s1. The van der Waals surface area contributed by atoms with Gasteiger partial charge in [-0.2, -0.15) is 0 Å². The molecule has 1 aliphatic rings. The predicted octanol–water partition coefficient (Wildman–Crippen LogP) is 0.647. The Bertz CT molecular complexity index is 359. The Morgan fingerprint density at radius 1 is 1.60 bits per heavy atom. The van der Waals surface area contributed by atoms with Gasteiger partial charge in [-0.25, -0.2) is 0 Å². The number of nitrogens with one attached hydrogen (secondary N) is 1. The number of amides is 1. The predicted molar refractivity (Wildman–Crippen MR) is 57.6 cm³/mol. The average Bonchev–Trinajstić information content (AvgIpc) is 2.30. The molecule has 0 aromatic carbocycles. The van der Waals surface area contributed by atoms with E-state index in [2.05, 4.69) is 10.3 Å². The fourth-order valence-corrected chi connectivity index (χ4v) is 2.07. The third-order valence-electron chi connectivity index (χ3n) is 2.81. The van der Waals surface area contributed by atoms with Gasteiger partial charge in [0.25, 0.3) is 5.91 Å². The van der Waals surface area contributed by atoms with Crippen LogP contribution in [0.3, 0.4) is 0 Å². The molecule has 1 saturated heterocycles. The molecular formula is C11H15N3O. The van der Waals surface area contributed by atoms with E-state index in [-0.39, 0.29) is 0 Å². The maximum atomic E-state index is 11.2. The van der Waals surface area contributed by atoms with Gasteiger partial charge in [-0.1, -0.05) is 6.07 Å². The summed E-state index contributed by atoms with van der Waals surface area (Å²) in [6, 6.07) is 3.81. The minimum Gasteiger partial charge on any atom is -0.364 e. The van der Waals surface area contributed by atoms with Gasteiger partial charge in [0.15, 0.2) is 0 Å². The Morgan fingerprint density at radius 2 is 2.47 bits per heavy atom. The first kappa shape index (κ1) is 10.1. The van der Waals surface area contributed by atoms with Crippen LogP contribution in [0, 0.1) is 0 Å². The lowest BCUT2D eigenvalue weighted by Crippen LogP contribution is -2.30. The molecule has 1 aromatic heterocycles. The number of aromatic nitrogens is 1. The highest BCUT2D eigenvalue weighted by Gasteiger charge is 2.20. The van der Waals surface area contributed by atoms with Crippen molar-refractivity contribution in [2.24, 2.45) is 5.73 Å². The van der Waals surface area contributed by atoms with Crippen LogP contribution in [0.4, 0.5) is 0 Å². The van der Waals surface area contributed by atoms with E-state index in [1.165, 1.54) is 0 Å². The van der Waals surface area contributed by atoms with Gasteiger partial charge in [0.05, 0.1) is 0 Å². The van der Waals surface area contributed by atoms with Gasteiger partial charge < -0.3 is 11.1 Å². The highest BCUT2D eigenvalue weighted by molar-refractivity contribution is 5.92. The van der Waals surface area contributed by atoms with Crippen molar-refractivity contribution in [3.05, 3.63) is 29.6 Å². The van der Waals surface area contributed by atoms with Crippen LogP contribution in [0.15, 0.2) is 18.3 Å². The van der Waals surface area contributed by atoms with Gasteiger partial charge in [-0.05, 0) is 36.9 Å². The van der Waals surface area contributed by atoms with Crippen molar-refractivity contribution in [1.82, 2.24) is 10.3 Å². The minimum atomic E-state index is -0.434. The zero-order valence-corrected chi connectivity index (χ0v) is 8.57. The Balaban J connectivity index is 2.29. The zero-order valence-electron chi connectivity index (χ0n) is 8.57. The molecule has 4 nitrogen and oxygen atoms in total. The number of pyridine rings is 1. The molecule has 0 bridgehead atoms. The largest absolute Gasteiger partial charge is 0.364 e. The van der Waals surface area contributed by atoms with E-state index in [0.717, 1.165) is 31.5 Å². The number of rotatable bonds is 2. The van der Waals surface area contributed by atoms with Gasteiger partial charge in [0.1, 0.15) is 5.69 Å². The van der Waals surface area contributed by atoms with Gasteiger partial charge in [-0.15, -0.1) is 0 Å². The van der Waals surface area contributed by atoms with Crippen LogP contribution in [0.2, 0.25) is 0 Å². The molecule has 0 saturated carbocycles. The van der Waals surface area contributed by atoms with Crippen molar-refractivity contribution in [3.8, 4) is 0 Å². The summed E-state index contributed by atoms with van der Waals surface area (Å²) in [4.78, 5) is 15.3. The van der Waals surface area contributed by atoms with E-state index < -0.39 is 5.91 Å². The summed E-state index contributed by atoms with van der Waals surface area (Å²) in [5.74, 6) is -0.0638. The molecule has 1 fully saturated rings. The van der Waals surface area contributed by atoms with Crippen LogP contribution < -0.4 is 11.1 Å². The molecule has 4 heteroatoms. The quantitative estimate of drug-likeness (QED) is 0.744. The summed E-state index contributed by atoms with van der Waals surface area (Å²) in [5, 5.41) is 3.32. The molecule has 1 aromatic rings. The van der Waals surface area contributed by atoms with Crippen molar-refractivity contribution < 1.29 is 4.79 Å². The lowest BCUT2D eigenvalue weighted by molar-refractivity contribution is 0.0994. The number of hydrogen-bond acceptors (Lipinski definition) is 3. The number of carbonyl (C=O) groups is 1. The fourth-order valence-electron chi connectivity index (χ4n) is 2.07. The number of nitrogens with two attached hydrogens (primary N) is 1. The fraction of sp³-hybridized carbons (Fsp3) is 0.455. The monoisotopic (exact) mass is 205 g/mol.